The van der Waals surface area contributed by atoms with Crippen LogP contribution in [-0.2, 0) is 17.5 Å². The molecule has 0 spiro atoms. The zero-order valence-electron chi connectivity index (χ0n) is 19.6. The molecule has 1 aliphatic rings. The largest absolute Gasteiger partial charge is 0.482 e. The number of carbonyl (C=O) groups is 1. The number of alkyl halides is 3. The van der Waals surface area contributed by atoms with Gasteiger partial charge in [-0.25, -0.2) is 9.78 Å². The van der Waals surface area contributed by atoms with Crippen molar-refractivity contribution in [1.29, 1.82) is 0 Å². The lowest BCUT2D eigenvalue weighted by molar-refractivity contribution is -0.139. The monoisotopic (exact) mass is 507 g/mol. The van der Waals surface area contributed by atoms with Gasteiger partial charge in [-0.2, -0.15) is 13.2 Å². The summed E-state index contributed by atoms with van der Waals surface area (Å²) in [5, 5.41) is 9.64. The number of ether oxygens (including phenoxy) is 1. The Morgan fingerprint density at radius 2 is 2.03 bits per heavy atom. The van der Waals surface area contributed by atoms with Gasteiger partial charge in [0.15, 0.2) is 11.7 Å². The lowest BCUT2D eigenvalue weighted by Gasteiger charge is -2.41. The second-order valence-corrected chi connectivity index (χ2v) is 9.89. The van der Waals surface area contributed by atoms with E-state index in [1.165, 1.54) is 23.5 Å². The van der Waals surface area contributed by atoms with Crippen LogP contribution in [0.3, 0.4) is 0 Å². The van der Waals surface area contributed by atoms with Crippen LogP contribution < -0.4 is 9.64 Å². The molecule has 2 aromatic carbocycles. The fourth-order valence-electron chi connectivity index (χ4n) is 4.51. The smallest absolute Gasteiger partial charge is 0.416 e. The number of piperazine rings is 1. The van der Waals surface area contributed by atoms with Gasteiger partial charge in [-0.05, 0) is 54.8 Å². The Morgan fingerprint density at radius 1 is 1.23 bits per heavy atom. The predicted octanol–water partition coefficient (Wildman–Crippen LogP) is 5.58. The molecule has 1 atom stereocenters. The fourth-order valence-corrected chi connectivity index (χ4v) is 5.61. The van der Waals surface area contributed by atoms with Crippen molar-refractivity contribution >= 4 is 32.7 Å². The van der Waals surface area contributed by atoms with Gasteiger partial charge < -0.3 is 14.7 Å². The Hall–Kier alpha value is -2.85. The van der Waals surface area contributed by atoms with Gasteiger partial charge in [-0.3, -0.25) is 4.90 Å². The number of fused-ring (bicyclic) bond motifs is 1. The minimum absolute atomic E-state index is 0.198. The highest BCUT2D eigenvalue weighted by Crippen LogP contribution is 2.36. The van der Waals surface area contributed by atoms with E-state index in [0.717, 1.165) is 54.8 Å². The number of aryl methyl sites for hydroxylation is 1. The van der Waals surface area contributed by atoms with E-state index < -0.39 is 17.7 Å². The summed E-state index contributed by atoms with van der Waals surface area (Å²) in [5.74, 6) is -0.477. The van der Waals surface area contributed by atoms with Crippen LogP contribution in [0.2, 0.25) is 0 Å². The van der Waals surface area contributed by atoms with E-state index in [-0.39, 0.29) is 12.6 Å². The summed E-state index contributed by atoms with van der Waals surface area (Å²) in [6.45, 7) is 6.70. The summed E-state index contributed by atoms with van der Waals surface area (Å²) in [6, 6.07) is 9.69. The molecular formula is C25H28F3N3O3S. The van der Waals surface area contributed by atoms with Gasteiger partial charge in [0.1, 0.15) is 5.75 Å². The van der Waals surface area contributed by atoms with Crippen LogP contribution in [0.25, 0.3) is 10.2 Å². The summed E-state index contributed by atoms with van der Waals surface area (Å²) >= 11 is 1.31. The zero-order valence-corrected chi connectivity index (χ0v) is 20.5. The van der Waals surface area contributed by atoms with Gasteiger partial charge >= 0.3 is 12.1 Å². The van der Waals surface area contributed by atoms with E-state index in [4.69, 9.17) is 9.84 Å². The van der Waals surface area contributed by atoms with Gasteiger partial charge in [-0.15, -0.1) is 0 Å². The Kier molecular flexibility index (Phi) is 7.51. The molecule has 1 aliphatic heterocycles. The highest BCUT2D eigenvalue weighted by Gasteiger charge is 2.32. The molecule has 0 radical (unpaired) electrons. The molecule has 1 aromatic heterocycles. The van der Waals surface area contributed by atoms with Crippen LogP contribution in [0.1, 0.15) is 36.5 Å². The van der Waals surface area contributed by atoms with Crippen molar-refractivity contribution in [1.82, 2.24) is 9.88 Å². The van der Waals surface area contributed by atoms with Crippen LogP contribution in [0, 0.1) is 6.92 Å². The number of anilines is 1. The molecule has 1 saturated heterocycles. The van der Waals surface area contributed by atoms with Gasteiger partial charge in [0.25, 0.3) is 0 Å². The average Bonchev–Trinajstić information content (AvgIpc) is 3.20. The maximum Gasteiger partial charge on any atom is 0.416 e. The van der Waals surface area contributed by atoms with Gasteiger partial charge in [0.2, 0.25) is 0 Å². The third-order valence-corrected chi connectivity index (χ3v) is 7.07. The first-order valence-electron chi connectivity index (χ1n) is 11.5. The van der Waals surface area contributed by atoms with E-state index in [2.05, 4.69) is 27.8 Å². The van der Waals surface area contributed by atoms with Crippen molar-refractivity contribution in [2.45, 2.75) is 45.5 Å². The van der Waals surface area contributed by atoms with Crippen molar-refractivity contribution in [3.05, 3.63) is 53.1 Å². The molecule has 35 heavy (non-hydrogen) atoms. The van der Waals surface area contributed by atoms with E-state index in [0.29, 0.717) is 22.5 Å². The van der Waals surface area contributed by atoms with Crippen LogP contribution in [0.4, 0.5) is 18.3 Å². The van der Waals surface area contributed by atoms with E-state index in [9.17, 15) is 18.0 Å². The predicted molar refractivity (Wildman–Crippen MR) is 130 cm³/mol. The van der Waals surface area contributed by atoms with Crippen LogP contribution in [0.5, 0.6) is 5.75 Å². The normalized spacial score (nSPS) is 17.2. The lowest BCUT2D eigenvalue weighted by Crippen LogP contribution is -2.52. The molecule has 0 saturated carbocycles. The Balaban J connectivity index is 1.49. The van der Waals surface area contributed by atoms with Crippen molar-refractivity contribution < 1.29 is 27.8 Å². The second-order valence-electron chi connectivity index (χ2n) is 8.88. The standard InChI is InChI=1S/C25H28F3N3O3S/c1-3-4-19-14-30(13-17-9-16(2)10-20(11-17)34-15-23(32)33)7-8-31(19)24-29-21-6-5-18(25(26,27)28)12-22(21)35-24/h5-6,9-12,19H,3-4,7-8,13-15H2,1-2H3,(H,32,33). The van der Waals surface area contributed by atoms with Crippen molar-refractivity contribution in [3.63, 3.8) is 0 Å². The molecule has 1 N–H and O–H groups in total. The lowest BCUT2D eigenvalue weighted by atomic mass is 10.1. The Morgan fingerprint density at radius 3 is 2.74 bits per heavy atom. The molecule has 188 valence electrons. The van der Waals surface area contributed by atoms with Crippen molar-refractivity contribution in [2.24, 2.45) is 0 Å². The van der Waals surface area contributed by atoms with E-state index >= 15 is 0 Å². The fraction of sp³-hybridized carbons (Fsp3) is 0.440. The molecular weight excluding hydrogens is 479 g/mol. The summed E-state index contributed by atoms with van der Waals surface area (Å²) in [4.78, 5) is 20.1. The highest BCUT2D eigenvalue weighted by atomic mass is 32.1. The topological polar surface area (TPSA) is 65.9 Å². The Labute approximate surface area is 205 Å². The summed E-state index contributed by atoms with van der Waals surface area (Å²) in [5.41, 5.74) is 1.98. The molecule has 2 heterocycles. The average molecular weight is 508 g/mol. The maximum atomic E-state index is 13.1. The first-order valence-corrected chi connectivity index (χ1v) is 12.4. The number of hydrogen-bond donors (Lipinski definition) is 1. The van der Waals surface area contributed by atoms with Crippen molar-refractivity contribution in [3.8, 4) is 5.75 Å². The minimum Gasteiger partial charge on any atom is -0.482 e. The molecule has 3 aromatic rings. The van der Waals surface area contributed by atoms with E-state index in [1.807, 2.05) is 19.1 Å². The SMILES string of the molecule is CCCC1CN(Cc2cc(C)cc(OCC(=O)O)c2)CCN1c1nc2ccc(C(F)(F)F)cc2s1. The summed E-state index contributed by atoms with van der Waals surface area (Å²) in [7, 11) is 0. The molecule has 4 rings (SSSR count). The molecule has 6 nitrogen and oxygen atoms in total. The summed E-state index contributed by atoms with van der Waals surface area (Å²) in [6.07, 6.45) is -2.44. The van der Waals surface area contributed by atoms with Gasteiger partial charge in [-0.1, -0.05) is 30.7 Å². The molecule has 1 fully saturated rings. The number of halogens is 3. The number of benzene rings is 2. The van der Waals surface area contributed by atoms with Gasteiger partial charge in [0, 0.05) is 32.2 Å². The Bertz CT molecular complexity index is 1200. The third kappa shape index (κ3) is 6.24. The van der Waals surface area contributed by atoms with Crippen LogP contribution >= 0.6 is 11.3 Å². The number of rotatable bonds is 8. The van der Waals surface area contributed by atoms with E-state index in [1.54, 1.807) is 0 Å². The second kappa shape index (κ2) is 10.4. The molecule has 0 bridgehead atoms. The minimum atomic E-state index is -4.37. The number of carboxylic acid groups (broad SMARTS) is 1. The summed E-state index contributed by atoms with van der Waals surface area (Å²) < 4.78 is 45.3. The number of aliphatic carboxylic acids is 1. The first kappa shape index (κ1) is 25.2. The number of carboxylic acids is 1. The van der Waals surface area contributed by atoms with Crippen LogP contribution in [0.15, 0.2) is 36.4 Å². The number of nitrogens with zero attached hydrogens (tertiary/aromatic N) is 3. The number of aromatic nitrogens is 1. The maximum absolute atomic E-state index is 13.1. The number of thiazole rings is 1. The van der Waals surface area contributed by atoms with Crippen molar-refractivity contribution in [2.75, 3.05) is 31.1 Å². The van der Waals surface area contributed by atoms with Crippen LogP contribution in [-0.4, -0.2) is 53.2 Å². The molecule has 0 amide bonds. The quantitative estimate of drug-likeness (QED) is 0.430. The molecule has 10 heteroatoms. The van der Waals surface area contributed by atoms with Gasteiger partial charge in [0.05, 0.1) is 15.8 Å². The highest BCUT2D eigenvalue weighted by molar-refractivity contribution is 7.22. The first-order chi connectivity index (χ1) is 16.6. The molecule has 0 aliphatic carbocycles. The zero-order chi connectivity index (χ0) is 25.2. The number of hydrogen-bond acceptors (Lipinski definition) is 6. The third-order valence-electron chi connectivity index (χ3n) is 6.02. The molecule has 1 unspecified atom stereocenters.